The van der Waals surface area contributed by atoms with E-state index < -0.39 is 54.1 Å². The zero-order chi connectivity index (χ0) is 37.3. The van der Waals surface area contributed by atoms with Crippen molar-refractivity contribution in [3.05, 3.63) is 96.6 Å². The molecule has 0 saturated carbocycles. The van der Waals surface area contributed by atoms with Crippen molar-refractivity contribution in [1.29, 1.82) is 0 Å². The van der Waals surface area contributed by atoms with Crippen LogP contribution in [0.1, 0.15) is 64.5 Å². The van der Waals surface area contributed by atoms with Crippen molar-refractivity contribution in [3.63, 3.8) is 0 Å². The van der Waals surface area contributed by atoms with Crippen LogP contribution in [0, 0.1) is 11.8 Å². The largest absolute Gasteiger partial charge is 0.445 e. The standard InChI is InChI=1S/C40H54N4O7/c1-6-14-32(38(48)43-33(21-26(3)4)36(46)23-37(47)41-35(24-45)27(5)7-2)42-39(49)34(44-40(50)51-25-28-15-9-8-10-16-28)22-30-19-13-18-29-17-11-12-20-31(29)30/h6,8-13,15-20,26-27,32-36,45-46H,1,7,14,21-25H2,2-5H3,(H,41,47)(H,42,49)(H,43,48)(H,44,50)/t27?,32-,33?,34-,35+,36?/m0/s1. The van der Waals surface area contributed by atoms with Crippen LogP contribution < -0.4 is 21.3 Å². The van der Waals surface area contributed by atoms with Gasteiger partial charge in [0.2, 0.25) is 17.7 Å². The average molecular weight is 703 g/mol. The van der Waals surface area contributed by atoms with Gasteiger partial charge in [0.1, 0.15) is 18.7 Å². The van der Waals surface area contributed by atoms with Crippen molar-refractivity contribution in [2.24, 2.45) is 11.8 Å². The molecular weight excluding hydrogens is 648 g/mol. The maximum absolute atomic E-state index is 13.9. The number of hydrogen-bond acceptors (Lipinski definition) is 7. The zero-order valence-electron chi connectivity index (χ0n) is 30.1. The van der Waals surface area contributed by atoms with Crippen molar-refractivity contribution < 1.29 is 34.1 Å². The minimum Gasteiger partial charge on any atom is -0.445 e. The van der Waals surface area contributed by atoms with Crippen molar-refractivity contribution in [2.45, 2.75) is 96.7 Å². The van der Waals surface area contributed by atoms with Gasteiger partial charge in [0.05, 0.1) is 31.2 Å². The number of ether oxygens (including phenoxy) is 1. The van der Waals surface area contributed by atoms with Gasteiger partial charge in [0.25, 0.3) is 0 Å². The molecule has 0 heterocycles. The summed E-state index contributed by atoms with van der Waals surface area (Å²) in [5, 5.41) is 33.8. The summed E-state index contributed by atoms with van der Waals surface area (Å²) in [6.07, 6.45) is 0.487. The molecule has 0 aliphatic heterocycles. The summed E-state index contributed by atoms with van der Waals surface area (Å²) >= 11 is 0. The molecule has 6 atom stereocenters. The number of fused-ring (bicyclic) bond motifs is 1. The lowest BCUT2D eigenvalue weighted by Gasteiger charge is -2.29. The molecule has 0 aliphatic rings. The topological polar surface area (TPSA) is 166 Å². The Hall–Kier alpha value is -4.74. The third-order valence-electron chi connectivity index (χ3n) is 8.95. The van der Waals surface area contributed by atoms with Crippen LogP contribution in [0.3, 0.4) is 0 Å². The van der Waals surface area contributed by atoms with E-state index in [9.17, 15) is 29.4 Å². The van der Waals surface area contributed by atoms with Crippen molar-refractivity contribution in [2.75, 3.05) is 6.61 Å². The second-order valence-electron chi connectivity index (χ2n) is 13.4. The van der Waals surface area contributed by atoms with E-state index in [-0.39, 0.29) is 44.3 Å². The molecule has 11 nitrogen and oxygen atoms in total. The van der Waals surface area contributed by atoms with Gasteiger partial charge < -0.3 is 36.2 Å². The number of carbonyl (C=O) groups excluding carboxylic acids is 4. The van der Waals surface area contributed by atoms with Gasteiger partial charge in [-0.3, -0.25) is 14.4 Å². The van der Waals surface area contributed by atoms with Crippen molar-refractivity contribution >= 4 is 34.6 Å². The molecule has 0 aromatic heterocycles. The molecule has 51 heavy (non-hydrogen) atoms. The fourth-order valence-corrected chi connectivity index (χ4v) is 5.83. The van der Waals surface area contributed by atoms with Crippen LogP contribution in [0.4, 0.5) is 4.79 Å². The van der Waals surface area contributed by atoms with Crippen LogP contribution >= 0.6 is 0 Å². The number of aliphatic hydroxyl groups is 2. The maximum Gasteiger partial charge on any atom is 0.408 e. The van der Waals surface area contributed by atoms with Gasteiger partial charge in [-0.1, -0.05) is 113 Å². The Labute approximate surface area is 301 Å². The molecule has 0 bridgehead atoms. The highest BCUT2D eigenvalue weighted by atomic mass is 16.5. The van der Waals surface area contributed by atoms with E-state index in [1.807, 2.05) is 100 Å². The highest BCUT2D eigenvalue weighted by Crippen LogP contribution is 2.20. The van der Waals surface area contributed by atoms with Crippen molar-refractivity contribution in [3.8, 4) is 0 Å². The number of nitrogens with one attached hydrogen (secondary N) is 4. The second-order valence-corrected chi connectivity index (χ2v) is 13.4. The molecule has 276 valence electrons. The molecule has 4 amide bonds. The Bertz CT molecular complexity index is 1580. The molecule has 6 N–H and O–H groups in total. The Morgan fingerprint density at radius 3 is 2.16 bits per heavy atom. The third kappa shape index (κ3) is 13.1. The summed E-state index contributed by atoms with van der Waals surface area (Å²) in [6, 6.07) is 19.1. The molecule has 0 radical (unpaired) electrons. The lowest BCUT2D eigenvalue weighted by atomic mass is 9.95. The fraction of sp³-hybridized carbons (Fsp3) is 0.450. The van der Waals surface area contributed by atoms with E-state index in [4.69, 9.17) is 4.74 Å². The molecule has 0 spiro atoms. The molecule has 3 unspecified atom stereocenters. The van der Waals surface area contributed by atoms with Crippen LogP contribution in [0.25, 0.3) is 10.8 Å². The molecule has 3 aromatic rings. The summed E-state index contributed by atoms with van der Waals surface area (Å²) in [5.41, 5.74) is 1.60. The van der Waals surface area contributed by atoms with Gasteiger partial charge in [-0.15, -0.1) is 6.58 Å². The molecule has 0 aliphatic carbocycles. The highest BCUT2D eigenvalue weighted by molar-refractivity contribution is 5.93. The Kier molecular flexibility index (Phi) is 16.6. The number of benzene rings is 3. The van der Waals surface area contributed by atoms with Gasteiger partial charge in [-0.25, -0.2) is 4.79 Å². The molecule has 0 fully saturated rings. The van der Waals surface area contributed by atoms with Gasteiger partial charge in [0, 0.05) is 6.42 Å². The SMILES string of the molecule is C=CC[C@H](NC(=O)[C@H](Cc1cccc2ccccc12)NC(=O)OCc1ccccc1)C(=O)NC(CC(C)C)C(O)CC(=O)N[C@H](CO)C(C)CC. The van der Waals surface area contributed by atoms with Gasteiger partial charge in [-0.2, -0.15) is 0 Å². The van der Waals surface area contributed by atoms with Crippen LogP contribution in [0.5, 0.6) is 0 Å². The van der Waals surface area contributed by atoms with E-state index in [1.165, 1.54) is 6.08 Å². The van der Waals surface area contributed by atoms with Crippen LogP contribution in [0.2, 0.25) is 0 Å². The van der Waals surface area contributed by atoms with E-state index >= 15 is 0 Å². The van der Waals surface area contributed by atoms with E-state index in [1.54, 1.807) is 0 Å². The summed E-state index contributed by atoms with van der Waals surface area (Å²) in [7, 11) is 0. The zero-order valence-corrected chi connectivity index (χ0v) is 30.1. The first kappa shape index (κ1) is 40.7. The lowest BCUT2D eigenvalue weighted by Crippen LogP contribution is -2.57. The Morgan fingerprint density at radius 1 is 0.824 bits per heavy atom. The summed E-state index contributed by atoms with van der Waals surface area (Å²) in [5.74, 6) is -1.53. The number of amides is 4. The van der Waals surface area contributed by atoms with Crippen LogP contribution in [0.15, 0.2) is 85.5 Å². The van der Waals surface area contributed by atoms with E-state index in [0.717, 1.165) is 28.3 Å². The molecule has 3 rings (SSSR count). The van der Waals surface area contributed by atoms with E-state index in [2.05, 4.69) is 27.8 Å². The number of alkyl carbamates (subject to hydrolysis) is 1. The predicted molar refractivity (Wildman–Crippen MR) is 198 cm³/mol. The van der Waals surface area contributed by atoms with E-state index in [0.29, 0.717) is 6.42 Å². The Balaban J connectivity index is 1.78. The number of hydrogen-bond donors (Lipinski definition) is 6. The molecular formula is C40H54N4O7. The summed E-state index contributed by atoms with van der Waals surface area (Å²) in [6.45, 7) is 11.3. The highest BCUT2D eigenvalue weighted by Gasteiger charge is 2.31. The molecule has 11 heteroatoms. The predicted octanol–water partition coefficient (Wildman–Crippen LogP) is 4.54. The van der Waals surface area contributed by atoms with Gasteiger partial charge in [0.15, 0.2) is 0 Å². The monoisotopic (exact) mass is 702 g/mol. The number of aliphatic hydroxyl groups excluding tert-OH is 2. The average Bonchev–Trinajstić information content (AvgIpc) is 3.12. The maximum atomic E-state index is 13.9. The third-order valence-corrected chi connectivity index (χ3v) is 8.95. The first-order valence-corrected chi connectivity index (χ1v) is 17.7. The minimum absolute atomic E-state index is 0.00660. The quantitative estimate of drug-likeness (QED) is 0.0941. The Morgan fingerprint density at radius 2 is 1.49 bits per heavy atom. The number of carbonyl (C=O) groups is 4. The first-order valence-electron chi connectivity index (χ1n) is 17.7. The van der Waals surface area contributed by atoms with Crippen LogP contribution in [-0.4, -0.2) is 70.9 Å². The molecule has 0 saturated heterocycles. The first-order chi connectivity index (χ1) is 24.4. The summed E-state index contributed by atoms with van der Waals surface area (Å²) < 4.78 is 5.43. The normalized spacial score (nSPS) is 14.7. The van der Waals surface area contributed by atoms with Gasteiger partial charge >= 0.3 is 6.09 Å². The lowest BCUT2D eigenvalue weighted by molar-refractivity contribution is -0.131. The smallest absolute Gasteiger partial charge is 0.408 e. The minimum atomic E-state index is -1.23. The fourth-order valence-electron chi connectivity index (χ4n) is 5.83. The van der Waals surface area contributed by atoms with Crippen LogP contribution in [-0.2, 0) is 32.1 Å². The summed E-state index contributed by atoms with van der Waals surface area (Å²) in [4.78, 5) is 53.4. The van der Waals surface area contributed by atoms with Gasteiger partial charge in [-0.05, 0) is 46.6 Å². The van der Waals surface area contributed by atoms with Crippen molar-refractivity contribution in [1.82, 2.24) is 21.3 Å². The molecule has 3 aromatic carbocycles. The second kappa shape index (κ2) is 20.8. The number of rotatable bonds is 20.